The van der Waals surface area contributed by atoms with Gasteiger partial charge in [-0.2, -0.15) is 5.10 Å². The quantitative estimate of drug-likeness (QED) is 0.653. The van der Waals surface area contributed by atoms with Gasteiger partial charge in [0.05, 0.1) is 26.8 Å². The Morgan fingerprint density at radius 1 is 1.16 bits per heavy atom. The molecule has 0 aliphatic carbocycles. The number of hydrogen-bond donors (Lipinski definition) is 1. The van der Waals surface area contributed by atoms with Crippen molar-refractivity contribution in [2.45, 2.75) is 34.2 Å². The Labute approximate surface area is 142 Å². The molecule has 2 rings (SSSR count). The molecular weight excluding hydrogens is 330 g/mol. The van der Waals surface area contributed by atoms with Gasteiger partial charge in [-0.1, -0.05) is 0 Å². The molecular formula is C15H17N5O5. The second-order valence-corrected chi connectivity index (χ2v) is 5.47. The molecule has 0 bridgehead atoms. The maximum Gasteiger partial charge on any atom is 0.281 e. The van der Waals surface area contributed by atoms with Crippen molar-refractivity contribution in [1.29, 1.82) is 0 Å². The number of nitrogens with one attached hydrogen (secondary N) is 1. The number of benzene rings is 1. The Morgan fingerprint density at radius 3 is 2.08 bits per heavy atom. The molecule has 0 radical (unpaired) electrons. The van der Waals surface area contributed by atoms with E-state index >= 15 is 0 Å². The van der Waals surface area contributed by atoms with E-state index in [4.69, 9.17) is 0 Å². The van der Waals surface area contributed by atoms with Gasteiger partial charge in [0.15, 0.2) is 0 Å². The first-order valence-electron chi connectivity index (χ1n) is 7.46. The number of hydrogen-bond acceptors (Lipinski definition) is 6. The summed E-state index contributed by atoms with van der Waals surface area (Å²) >= 11 is 0. The molecule has 1 heterocycles. The van der Waals surface area contributed by atoms with Gasteiger partial charge in [-0.05, 0) is 27.7 Å². The summed E-state index contributed by atoms with van der Waals surface area (Å²) in [6, 6.07) is 2.21. The normalized spacial score (nSPS) is 10.6. The molecule has 132 valence electrons. The molecule has 0 atom stereocenters. The van der Waals surface area contributed by atoms with E-state index in [0.717, 1.165) is 12.1 Å². The van der Waals surface area contributed by atoms with Crippen LogP contribution in [0, 0.1) is 41.0 Å². The average molecular weight is 347 g/mol. The molecule has 0 saturated heterocycles. The van der Waals surface area contributed by atoms with Gasteiger partial charge in [0.1, 0.15) is 5.56 Å². The third kappa shape index (κ3) is 3.32. The van der Waals surface area contributed by atoms with Crippen molar-refractivity contribution in [3.8, 4) is 0 Å². The summed E-state index contributed by atoms with van der Waals surface area (Å²) in [5.74, 6) is -0.526. The smallest absolute Gasteiger partial charge is 0.281 e. The van der Waals surface area contributed by atoms with Crippen LogP contribution in [0.4, 0.5) is 17.1 Å². The van der Waals surface area contributed by atoms with Gasteiger partial charge in [0.25, 0.3) is 17.3 Å². The maximum atomic E-state index is 12.5. The molecule has 0 unspecified atom stereocenters. The standard InChI is InChI=1S/C15H17N5O5/c1-5-18-10(4)14(9(3)17-18)15(21)16-11-6-12(19(22)23)8(2)13(7-11)20(24)25/h6-7H,5H2,1-4H3,(H,16,21). The van der Waals surface area contributed by atoms with Gasteiger partial charge in [-0.3, -0.25) is 29.7 Å². The third-order valence-electron chi connectivity index (χ3n) is 3.91. The van der Waals surface area contributed by atoms with E-state index in [2.05, 4.69) is 10.4 Å². The first-order chi connectivity index (χ1) is 11.7. The largest absolute Gasteiger partial charge is 0.321 e. The van der Waals surface area contributed by atoms with Gasteiger partial charge in [0.2, 0.25) is 0 Å². The number of nitrogens with zero attached hydrogens (tertiary/aromatic N) is 4. The number of nitro groups is 2. The minimum atomic E-state index is -0.719. The molecule has 25 heavy (non-hydrogen) atoms. The molecule has 1 amide bonds. The van der Waals surface area contributed by atoms with E-state index in [1.54, 1.807) is 18.5 Å². The highest BCUT2D eigenvalue weighted by Gasteiger charge is 2.25. The first kappa shape index (κ1) is 18.0. The zero-order valence-corrected chi connectivity index (χ0v) is 14.2. The number of carbonyl (C=O) groups excluding carboxylic acids is 1. The number of carbonyl (C=O) groups is 1. The van der Waals surface area contributed by atoms with Gasteiger partial charge in [-0.15, -0.1) is 0 Å². The third-order valence-corrected chi connectivity index (χ3v) is 3.91. The van der Waals surface area contributed by atoms with E-state index in [9.17, 15) is 25.0 Å². The lowest BCUT2D eigenvalue weighted by atomic mass is 10.1. The van der Waals surface area contributed by atoms with Crippen molar-refractivity contribution in [2.24, 2.45) is 0 Å². The summed E-state index contributed by atoms with van der Waals surface area (Å²) in [6.45, 7) is 7.17. The van der Waals surface area contributed by atoms with E-state index in [0.29, 0.717) is 23.5 Å². The summed E-state index contributed by atoms with van der Waals surface area (Å²) in [4.78, 5) is 33.3. The first-order valence-corrected chi connectivity index (χ1v) is 7.46. The van der Waals surface area contributed by atoms with Crippen molar-refractivity contribution in [3.63, 3.8) is 0 Å². The van der Waals surface area contributed by atoms with Gasteiger partial charge < -0.3 is 5.32 Å². The summed E-state index contributed by atoms with van der Waals surface area (Å²) in [6.07, 6.45) is 0. The summed E-state index contributed by atoms with van der Waals surface area (Å²) in [7, 11) is 0. The fourth-order valence-electron chi connectivity index (χ4n) is 2.66. The zero-order valence-electron chi connectivity index (χ0n) is 14.2. The Bertz CT molecular complexity index is 852. The second-order valence-electron chi connectivity index (χ2n) is 5.47. The van der Waals surface area contributed by atoms with Crippen molar-refractivity contribution in [1.82, 2.24) is 9.78 Å². The Kier molecular flexibility index (Phi) is 4.82. The van der Waals surface area contributed by atoms with Gasteiger partial charge in [0, 0.05) is 24.4 Å². The molecule has 1 aromatic carbocycles. The topological polar surface area (TPSA) is 133 Å². The zero-order chi connectivity index (χ0) is 18.9. The number of anilines is 1. The summed E-state index contributed by atoms with van der Waals surface area (Å²) in [5, 5.41) is 29.0. The van der Waals surface area contributed by atoms with E-state index in [1.165, 1.54) is 6.92 Å². The number of aromatic nitrogens is 2. The monoisotopic (exact) mass is 347 g/mol. The van der Waals surface area contributed by atoms with Crippen LogP contribution in [0.3, 0.4) is 0 Å². The predicted octanol–water partition coefficient (Wildman–Crippen LogP) is 2.90. The van der Waals surface area contributed by atoms with Crippen LogP contribution in [0.25, 0.3) is 0 Å². The summed E-state index contributed by atoms with van der Waals surface area (Å²) < 4.78 is 1.66. The van der Waals surface area contributed by atoms with Crippen LogP contribution in [0.2, 0.25) is 0 Å². The van der Waals surface area contributed by atoms with Crippen molar-refractivity contribution in [3.05, 3.63) is 54.9 Å². The number of rotatable bonds is 5. The lowest BCUT2D eigenvalue weighted by Gasteiger charge is -2.08. The average Bonchev–Trinajstić information content (AvgIpc) is 2.82. The van der Waals surface area contributed by atoms with E-state index < -0.39 is 27.1 Å². The SMILES string of the molecule is CCn1nc(C)c(C(=O)Nc2cc([N+](=O)[O-])c(C)c([N+](=O)[O-])c2)c1C. The van der Waals surface area contributed by atoms with E-state index in [1.807, 2.05) is 6.92 Å². The fraction of sp³-hybridized carbons (Fsp3) is 0.333. The molecule has 0 saturated carbocycles. The summed E-state index contributed by atoms with van der Waals surface area (Å²) in [5.41, 5.74) is 0.551. The fourth-order valence-corrected chi connectivity index (χ4v) is 2.66. The van der Waals surface area contributed by atoms with Crippen molar-refractivity contribution in [2.75, 3.05) is 5.32 Å². The highest BCUT2D eigenvalue weighted by atomic mass is 16.6. The molecule has 0 spiro atoms. The lowest BCUT2D eigenvalue weighted by molar-refractivity contribution is -0.395. The lowest BCUT2D eigenvalue weighted by Crippen LogP contribution is -2.15. The highest BCUT2D eigenvalue weighted by molar-refractivity contribution is 6.06. The van der Waals surface area contributed by atoms with Crippen molar-refractivity contribution >= 4 is 23.0 Å². The van der Waals surface area contributed by atoms with Crippen LogP contribution in [0.15, 0.2) is 12.1 Å². The molecule has 1 aromatic heterocycles. The van der Waals surface area contributed by atoms with Crippen LogP contribution in [-0.4, -0.2) is 25.5 Å². The minimum Gasteiger partial charge on any atom is -0.321 e. The second kappa shape index (κ2) is 6.67. The predicted molar refractivity (Wildman–Crippen MR) is 89.8 cm³/mol. The number of amides is 1. The van der Waals surface area contributed by atoms with Crippen LogP contribution in [0.5, 0.6) is 0 Å². The molecule has 0 fully saturated rings. The van der Waals surface area contributed by atoms with Crippen LogP contribution < -0.4 is 5.32 Å². The molecule has 1 N–H and O–H groups in total. The Morgan fingerprint density at radius 2 is 1.68 bits per heavy atom. The van der Waals surface area contributed by atoms with Gasteiger partial charge >= 0.3 is 0 Å². The molecule has 0 aliphatic heterocycles. The number of aryl methyl sites for hydroxylation is 2. The molecule has 10 nitrogen and oxygen atoms in total. The van der Waals surface area contributed by atoms with Crippen LogP contribution >= 0.6 is 0 Å². The number of nitro benzene ring substituents is 2. The van der Waals surface area contributed by atoms with E-state index in [-0.39, 0.29) is 11.3 Å². The Balaban J connectivity index is 2.47. The molecule has 0 aliphatic rings. The Hall–Kier alpha value is -3.30. The minimum absolute atomic E-state index is 0.0166. The van der Waals surface area contributed by atoms with Crippen LogP contribution in [0.1, 0.15) is 34.2 Å². The maximum absolute atomic E-state index is 12.5. The van der Waals surface area contributed by atoms with Crippen LogP contribution in [-0.2, 0) is 6.54 Å². The highest BCUT2D eigenvalue weighted by Crippen LogP contribution is 2.32. The van der Waals surface area contributed by atoms with Gasteiger partial charge in [-0.25, -0.2) is 0 Å². The van der Waals surface area contributed by atoms with Crippen molar-refractivity contribution < 1.29 is 14.6 Å². The molecule has 10 heteroatoms. The molecule has 2 aromatic rings.